The fourth-order valence-corrected chi connectivity index (χ4v) is 2.83. The summed E-state index contributed by atoms with van der Waals surface area (Å²) < 4.78 is 31.9. The predicted octanol–water partition coefficient (Wildman–Crippen LogP) is 1.03. The highest BCUT2D eigenvalue weighted by Gasteiger charge is 2.14. The lowest BCUT2D eigenvalue weighted by Crippen LogP contribution is -2.23. The number of nitrogens with zero attached hydrogens (tertiary/aromatic N) is 1. The number of pyridine rings is 1. The van der Waals surface area contributed by atoms with Crippen LogP contribution in [0.15, 0.2) is 47.5 Å². The molecule has 0 fully saturated rings. The van der Waals surface area contributed by atoms with Crippen molar-refractivity contribution in [2.24, 2.45) is 5.73 Å². The third-order valence-corrected chi connectivity index (χ3v) is 4.32. The SMILES string of the molecule is COc1ccc(CNS(=O)(=O)c2cccc(CN)c2)cn1. The molecule has 2 aromatic rings. The Balaban J connectivity index is 2.09. The van der Waals surface area contributed by atoms with Crippen LogP contribution in [0.5, 0.6) is 5.88 Å². The van der Waals surface area contributed by atoms with Gasteiger partial charge in [0.1, 0.15) is 0 Å². The van der Waals surface area contributed by atoms with Crippen molar-refractivity contribution in [2.45, 2.75) is 18.0 Å². The maximum Gasteiger partial charge on any atom is 0.240 e. The molecule has 112 valence electrons. The third-order valence-electron chi connectivity index (χ3n) is 2.92. The van der Waals surface area contributed by atoms with E-state index in [4.69, 9.17) is 10.5 Å². The molecule has 1 aromatic carbocycles. The minimum atomic E-state index is -3.57. The summed E-state index contributed by atoms with van der Waals surface area (Å²) in [6.07, 6.45) is 1.57. The zero-order valence-electron chi connectivity index (χ0n) is 11.6. The van der Waals surface area contributed by atoms with Crippen LogP contribution in [0.25, 0.3) is 0 Å². The van der Waals surface area contributed by atoms with Crippen LogP contribution in [0.1, 0.15) is 11.1 Å². The Labute approximate surface area is 124 Å². The summed E-state index contributed by atoms with van der Waals surface area (Å²) in [4.78, 5) is 4.23. The molecule has 0 aliphatic carbocycles. The fourth-order valence-electron chi connectivity index (χ4n) is 1.74. The van der Waals surface area contributed by atoms with E-state index in [1.165, 1.54) is 13.2 Å². The second kappa shape index (κ2) is 6.66. The maximum absolute atomic E-state index is 12.2. The molecule has 2 rings (SSSR count). The van der Waals surface area contributed by atoms with Crippen molar-refractivity contribution in [3.05, 3.63) is 53.7 Å². The molecule has 0 bridgehead atoms. The first-order chi connectivity index (χ1) is 10.0. The Morgan fingerprint density at radius 1 is 1.24 bits per heavy atom. The summed E-state index contributed by atoms with van der Waals surface area (Å²) in [5, 5.41) is 0. The first kappa shape index (κ1) is 15.4. The first-order valence-corrected chi connectivity index (χ1v) is 7.81. The summed E-state index contributed by atoms with van der Waals surface area (Å²) in [6, 6.07) is 9.99. The average Bonchev–Trinajstić information content (AvgIpc) is 2.53. The molecular formula is C14H17N3O3S. The lowest BCUT2D eigenvalue weighted by molar-refractivity contribution is 0.397. The Hall–Kier alpha value is -1.96. The fraction of sp³-hybridized carbons (Fsp3) is 0.214. The molecule has 0 spiro atoms. The van der Waals surface area contributed by atoms with E-state index >= 15 is 0 Å². The largest absolute Gasteiger partial charge is 0.481 e. The zero-order valence-corrected chi connectivity index (χ0v) is 12.4. The van der Waals surface area contributed by atoms with Crippen molar-refractivity contribution in [2.75, 3.05) is 7.11 Å². The number of benzene rings is 1. The lowest BCUT2D eigenvalue weighted by Gasteiger charge is -2.08. The molecule has 1 heterocycles. The molecule has 0 aliphatic rings. The van der Waals surface area contributed by atoms with Crippen LogP contribution in [-0.4, -0.2) is 20.5 Å². The van der Waals surface area contributed by atoms with Gasteiger partial charge < -0.3 is 10.5 Å². The quantitative estimate of drug-likeness (QED) is 0.831. The van der Waals surface area contributed by atoms with E-state index in [0.29, 0.717) is 12.4 Å². The molecule has 0 unspecified atom stereocenters. The number of aromatic nitrogens is 1. The summed E-state index contributed by atoms with van der Waals surface area (Å²) in [7, 11) is -2.05. The van der Waals surface area contributed by atoms with Crippen LogP contribution in [-0.2, 0) is 23.1 Å². The topological polar surface area (TPSA) is 94.3 Å². The van der Waals surface area contributed by atoms with Gasteiger partial charge in [-0.15, -0.1) is 0 Å². The molecule has 0 aliphatic heterocycles. The van der Waals surface area contributed by atoms with Gasteiger partial charge in [-0.1, -0.05) is 18.2 Å². The zero-order chi connectivity index (χ0) is 15.3. The van der Waals surface area contributed by atoms with E-state index in [9.17, 15) is 8.42 Å². The molecule has 21 heavy (non-hydrogen) atoms. The van der Waals surface area contributed by atoms with Gasteiger partial charge in [-0.25, -0.2) is 18.1 Å². The number of sulfonamides is 1. The second-order valence-electron chi connectivity index (χ2n) is 4.38. The van der Waals surface area contributed by atoms with Crippen LogP contribution in [0, 0.1) is 0 Å². The number of methoxy groups -OCH3 is 1. The van der Waals surface area contributed by atoms with Gasteiger partial charge in [-0.05, 0) is 23.3 Å². The summed E-state index contributed by atoms with van der Waals surface area (Å²) >= 11 is 0. The van der Waals surface area contributed by atoms with Crippen molar-refractivity contribution < 1.29 is 13.2 Å². The van der Waals surface area contributed by atoms with E-state index in [0.717, 1.165) is 11.1 Å². The number of ether oxygens (including phenoxy) is 1. The number of nitrogens with two attached hydrogens (primary N) is 1. The Morgan fingerprint density at radius 2 is 2.05 bits per heavy atom. The van der Waals surface area contributed by atoms with Crippen LogP contribution in [0.2, 0.25) is 0 Å². The van der Waals surface area contributed by atoms with Gasteiger partial charge in [0, 0.05) is 25.4 Å². The van der Waals surface area contributed by atoms with Gasteiger partial charge in [0.15, 0.2) is 0 Å². The number of hydrogen-bond donors (Lipinski definition) is 2. The standard InChI is InChI=1S/C14H17N3O3S/c1-20-14-6-5-12(9-16-14)10-17-21(18,19)13-4-2-3-11(7-13)8-15/h2-7,9,17H,8,10,15H2,1H3. The van der Waals surface area contributed by atoms with E-state index < -0.39 is 10.0 Å². The highest BCUT2D eigenvalue weighted by Crippen LogP contribution is 2.12. The van der Waals surface area contributed by atoms with Crippen molar-refractivity contribution in [1.29, 1.82) is 0 Å². The third kappa shape index (κ3) is 4.01. The van der Waals surface area contributed by atoms with Crippen LogP contribution in [0.3, 0.4) is 0 Å². The number of rotatable bonds is 6. The van der Waals surface area contributed by atoms with Crippen molar-refractivity contribution >= 4 is 10.0 Å². The Bertz CT molecular complexity index is 700. The molecule has 1 aromatic heterocycles. The van der Waals surface area contributed by atoms with E-state index in [1.807, 2.05) is 0 Å². The normalized spacial score (nSPS) is 11.3. The van der Waals surface area contributed by atoms with Crippen molar-refractivity contribution in [3.8, 4) is 5.88 Å². The van der Waals surface area contributed by atoms with Gasteiger partial charge in [0.25, 0.3) is 0 Å². The molecule has 0 atom stereocenters. The second-order valence-corrected chi connectivity index (χ2v) is 6.15. The minimum Gasteiger partial charge on any atom is -0.481 e. The molecule has 3 N–H and O–H groups in total. The highest BCUT2D eigenvalue weighted by atomic mass is 32.2. The van der Waals surface area contributed by atoms with Gasteiger partial charge >= 0.3 is 0 Å². The molecule has 0 amide bonds. The molecular weight excluding hydrogens is 290 g/mol. The van der Waals surface area contributed by atoms with E-state index in [-0.39, 0.29) is 11.4 Å². The number of nitrogens with one attached hydrogen (secondary N) is 1. The molecule has 7 heteroatoms. The van der Waals surface area contributed by atoms with Crippen LogP contribution < -0.4 is 15.2 Å². The van der Waals surface area contributed by atoms with Crippen molar-refractivity contribution in [3.63, 3.8) is 0 Å². The molecule has 0 saturated heterocycles. The van der Waals surface area contributed by atoms with Gasteiger partial charge in [-0.3, -0.25) is 0 Å². The monoisotopic (exact) mass is 307 g/mol. The molecule has 0 saturated carbocycles. The Morgan fingerprint density at radius 3 is 2.67 bits per heavy atom. The highest BCUT2D eigenvalue weighted by molar-refractivity contribution is 7.89. The minimum absolute atomic E-state index is 0.159. The number of hydrogen-bond acceptors (Lipinski definition) is 5. The average molecular weight is 307 g/mol. The Kier molecular flexibility index (Phi) is 4.89. The van der Waals surface area contributed by atoms with E-state index in [1.54, 1.807) is 36.5 Å². The predicted molar refractivity (Wildman–Crippen MR) is 79.1 cm³/mol. The summed E-state index contributed by atoms with van der Waals surface area (Å²) in [6.45, 7) is 0.456. The van der Waals surface area contributed by atoms with Gasteiger partial charge in [0.05, 0.1) is 12.0 Å². The van der Waals surface area contributed by atoms with E-state index in [2.05, 4.69) is 9.71 Å². The first-order valence-electron chi connectivity index (χ1n) is 6.33. The van der Waals surface area contributed by atoms with Gasteiger partial charge in [0.2, 0.25) is 15.9 Å². The van der Waals surface area contributed by atoms with Gasteiger partial charge in [-0.2, -0.15) is 0 Å². The smallest absolute Gasteiger partial charge is 0.240 e. The van der Waals surface area contributed by atoms with Crippen LogP contribution in [0.4, 0.5) is 0 Å². The summed E-state index contributed by atoms with van der Waals surface area (Å²) in [5.41, 5.74) is 7.03. The lowest BCUT2D eigenvalue weighted by atomic mass is 10.2. The van der Waals surface area contributed by atoms with Crippen molar-refractivity contribution in [1.82, 2.24) is 9.71 Å². The summed E-state index contributed by atoms with van der Waals surface area (Å²) in [5.74, 6) is 0.484. The molecule has 6 nitrogen and oxygen atoms in total. The molecule has 0 radical (unpaired) electrons. The van der Waals surface area contributed by atoms with Crippen LogP contribution >= 0.6 is 0 Å². The maximum atomic E-state index is 12.2.